The largest absolute Gasteiger partial charge is 0.371 e. The Morgan fingerprint density at radius 3 is 3.12 bits per heavy atom. The van der Waals surface area contributed by atoms with E-state index < -0.39 is 0 Å². The summed E-state index contributed by atoms with van der Waals surface area (Å²) in [5.41, 5.74) is 2.65. The molecule has 1 fully saturated rings. The third-order valence-electron chi connectivity index (χ3n) is 4.14. The van der Waals surface area contributed by atoms with Gasteiger partial charge in [-0.25, -0.2) is 15.0 Å². The fourth-order valence-corrected chi connectivity index (χ4v) is 2.99. The molecule has 1 aliphatic heterocycles. The van der Waals surface area contributed by atoms with E-state index in [0.717, 1.165) is 31.0 Å². The Morgan fingerprint density at radius 1 is 1.42 bits per heavy atom. The topological polar surface area (TPSA) is 96.8 Å². The number of H-pyrrole nitrogens is 1. The molecule has 4 heterocycles. The van der Waals surface area contributed by atoms with Crippen LogP contribution in [-0.4, -0.2) is 61.4 Å². The molecule has 0 radical (unpaired) electrons. The van der Waals surface area contributed by atoms with Gasteiger partial charge in [0.15, 0.2) is 17.3 Å². The predicted molar refractivity (Wildman–Crippen MR) is 88.4 cm³/mol. The maximum Gasteiger partial charge on any atom is 0.183 e. The molecule has 0 aromatic carbocycles. The van der Waals surface area contributed by atoms with Gasteiger partial charge in [-0.3, -0.25) is 9.58 Å². The number of anilines is 1. The normalized spacial score (nSPS) is 19.0. The van der Waals surface area contributed by atoms with Crippen molar-refractivity contribution in [2.75, 3.05) is 32.1 Å². The van der Waals surface area contributed by atoms with Crippen molar-refractivity contribution in [1.29, 1.82) is 0 Å². The minimum absolute atomic E-state index is 0.163. The molecule has 2 N–H and O–H groups in total. The molecule has 0 bridgehead atoms. The molecule has 1 unspecified atom stereocenters. The van der Waals surface area contributed by atoms with E-state index in [1.807, 2.05) is 31.2 Å². The fraction of sp³-hybridized carbons (Fsp3) is 0.467. The number of nitrogens with one attached hydrogen (secondary N) is 2. The molecule has 0 amide bonds. The zero-order valence-corrected chi connectivity index (χ0v) is 13.7. The van der Waals surface area contributed by atoms with Gasteiger partial charge in [0.05, 0.1) is 19.1 Å². The summed E-state index contributed by atoms with van der Waals surface area (Å²) in [5, 5.41) is 7.31. The average molecular weight is 328 g/mol. The van der Waals surface area contributed by atoms with Crippen molar-refractivity contribution in [2.45, 2.75) is 12.6 Å². The highest BCUT2D eigenvalue weighted by atomic mass is 16.5. The first-order valence-electron chi connectivity index (χ1n) is 7.93. The number of hydrogen-bond acceptors (Lipinski definition) is 7. The molecule has 9 heteroatoms. The second-order valence-electron chi connectivity index (χ2n) is 5.90. The first-order valence-corrected chi connectivity index (χ1v) is 7.93. The number of aromatic amines is 1. The third-order valence-corrected chi connectivity index (χ3v) is 4.14. The second-order valence-corrected chi connectivity index (χ2v) is 5.90. The van der Waals surface area contributed by atoms with Gasteiger partial charge in [-0.15, -0.1) is 0 Å². The van der Waals surface area contributed by atoms with Crippen molar-refractivity contribution < 1.29 is 4.74 Å². The van der Waals surface area contributed by atoms with Crippen LogP contribution in [0.4, 0.5) is 5.82 Å². The quantitative estimate of drug-likeness (QED) is 0.727. The zero-order chi connectivity index (χ0) is 16.5. The summed E-state index contributed by atoms with van der Waals surface area (Å²) in [6.45, 7) is 3.13. The SMILES string of the molecule is CNc1nc(C2CN(Cc3cnn(C)c3)CCO2)nc2nc[nH]c12. The van der Waals surface area contributed by atoms with Crippen LogP contribution in [0.15, 0.2) is 18.7 Å². The zero-order valence-electron chi connectivity index (χ0n) is 13.7. The molecule has 9 nitrogen and oxygen atoms in total. The summed E-state index contributed by atoms with van der Waals surface area (Å²) in [5.74, 6) is 1.40. The fourth-order valence-electron chi connectivity index (χ4n) is 2.99. The van der Waals surface area contributed by atoms with E-state index in [1.165, 1.54) is 5.56 Å². The second kappa shape index (κ2) is 6.17. The van der Waals surface area contributed by atoms with E-state index in [9.17, 15) is 0 Å². The maximum absolute atomic E-state index is 5.91. The van der Waals surface area contributed by atoms with Crippen molar-refractivity contribution in [3.05, 3.63) is 30.1 Å². The molecule has 24 heavy (non-hydrogen) atoms. The van der Waals surface area contributed by atoms with E-state index in [0.29, 0.717) is 18.1 Å². The molecule has 0 spiro atoms. The van der Waals surface area contributed by atoms with Crippen LogP contribution in [-0.2, 0) is 18.3 Å². The Kier molecular flexibility index (Phi) is 3.87. The van der Waals surface area contributed by atoms with Gasteiger partial charge in [-0.05, 0) is 0 Å². The first kappa shape index (κ1) is 15.0. The van der Waals surface area contributed by atoms with Gasteiger partial charge >= 0.3 is 0 Å². The van der Waals surface area contributed by atoms with Crippen molar-refractivity contribution in [3.8, 4) is 0 Å². The Labute approximate surface area is 139 Å². The summed E-state index contributed by atoms with van der Waals surface area (Å²) in [4.78, 5) is 18.8. The van der Waals surface area contributed by atoms with Crippen LogP contribution < -0.4 is 5.32 Å². The Balaban J connectivity index is 1.55. The highest BCUT2D eigenvalue weighted by Crippen LogP contribution is 2.24. The third kappa shape index (κ3) is 2.83. The number of hydrogen-bond donors (Lipinski definition) is 2. The molecule has 126 valence electrons. The number of morpholine rings is 1. The maximum atomic E-state index is 5.91. The Morgan fingerprint density at radius 2 is 2.33 bits per heavy atom. The molecule has 1 aliphatic rings. The molecule has 3 aromatic rings. The lowest BCUT2D eigenvalue weighted by Crippen LogP contribution is -2.38. The highest BCUT2D eigenvalue weighted by Gasteiger charge is 2.26. The molecule has 1 atom stereocenters. The van der Waals surface area contributed by atoms with Gasteiger partial charge in [0.1, 0.15) is 11.6 Å². The molecular formula is C15H20N8O. The van der Waals surface area contributed by atoms with Crippen LogP contribution in [0.2, 0.25) is 0 Å². The average Bonchev–Trinajstić information content (AvgIpc) is 3.23. The summed E-state index contributed by atoms with van der Waals surface area (Å²) < 4.78 is 7.73. The van der Waals surface area contributed by atoms with Crippen molar-refractivity contribution in [2.24, 2.45) is 7.05 Å². The molecule has 4 rings (SSSR count). The van der Waals surface area contributed by atoms with Crippen LogP contribution >= 0.6 is 0 Å². The lowest BCUT2D eigenvalue weighted by molar-refractivity contribution is -0.0370. The van der Waals surface area contributed by atoms with Crippen molar-refractivity contribution in [1.82, 2.24) is 34.6 Å². The smallest absolute Gasteiger partial charge is 0.183 e. The lowest BCUT2D eigenvalue weighted by atomic mass is 10.2. The lowest BCUT2D eigenvalue weighted by Gasteiger charge is -2.31. The monoisotopic (exact) mass is 328 g/mol. The van der Waals surface area contributed by atoms with Gasteiger partial charge in [0.2, 0.25) is 0 Å². The van der Waals surface area contributed by atoms with E-state index in [-0.39, 0.29) is 6.10 Å². The number of aromatic nitrogens is 6. The van der Waals surface area contributed by atoms with Gasteiger partial charge in [0.25, 0.3) is 0 Å². The van der Waals surface area contributed by atoms with Gasteiger partial charge in [-0.1, -0.05) is 0 Å². The number of aryl methyl sites for hydroxylation is 1. The Hall–Kier alpha value is -2.52. The standard InChI is InChI=1S/C15H20N8O/c1-16-14-12-15(18-9-17-12)21-13(20-14)11-8-23(3-4-24-11)7-10-5-19-22(2)6-10/h5-6,9,11H,3-4,7-8H2,1-2H3,(H2,16,17,18,20,21). The molecule has 0 aliphatic carbocycles. The van der Waals surface area contributed by atoms with Crippen LogP contribution in [0.25, 0.3) is 11.2 Å². The summed E-state index contributed by atoms with van der Waals surface area (Å²) >= 11 is 0. The number of fused-ring (bicyclic) bond motifs is 1. The molecular weight excluding hydrogens is 308 g/mol. The number of ether oxygens (including phenoxy) is 1. The van der Waals surface area contributed by atoms with Crippen molar-refractivity contribution in [3.63, 3.8) is 0 Å². The van der Waals surface area contributed by atoms with Gasteiger partial charge < -0.3 is 15.0 Å². The number of rotatable bonds is 4. The summed E-state index contributed by atoms with van der Waals surface area (Å²) in [6, 6.07) is 0. The molecule has 0 saturated carbocycles. The number of imidazole rings is 1. The molecule has 1 saturated heterocycles. The summed E-state index contributed by atoms with van der Waals surface area (Å²) in [6.07, 6.45) is 5.40. The van der Waals surface area contributed by atoms with Gasteiger partial charge in [0, 0.05) is 45.5 Å². The van der Waals surface area contributed by atoms with E-state index >= 15 is 0 Å². The van der Waals surface area contributed by atoms with Crippen LogP contribution in [0.1, 0.15) is 17.5 Å². The van der Waals surface area contributed by atoms with E-state index in [4.69, 9.17) is 4.74 Å². The minimum atomic E-state index is -0.163. The van der Waals surface area contributed by atoms with Crippen LogP contribution in [0, 0.1) is 0 Å². The van der Waals surface area contributed by atoms with Gasteiger partial charge in [-0.2, -0.15) is 5.10 Å². The minimum Gasteiger partial charge on any atom is -0.371 e. The van der Waals surface area contributed by atoms with E-state index in [1.54, 1.807) is 6.33 Å². The van der Waals surface area contributed by atoms with E-state index in [2.05, 4.69) is 35.3 Å². The van der Waals surface area contributed by atoms with Crippen molar-refractivity contribution >= 4 is 17.0 Å². The Bertz CT molecular complexity index is 841. The van der Waals surface area contributed by atoms with Crippen LogP contribution in [0.3, 0.4) is 0 Å². The first-order chi connectivity index (χ1) is 11.7. The highest BCUT2D eigenvalue weighted by molar-refractivity contribution is 5.82. The summed E-state index contributed by atoms with van der Waals surface area (Å²) in [7, 11) is 3.76. The van der Waals surface area contributed by atoms with Crippen LogP contribution in [0.5, 0.6) is 0 Å². The number of nitrogens with zero attached hydrogens (tertiary/aromatic N) is 6. The predicted octanol–water partition coefficient (Wildman–Crippen LogP) is 0.702. The molecule has 3 aromatic heterocycles.